The Morgan fingerprint density at radius 1 is 1.45 bits per heavy atom. The molecule has 1 fully saturated rings. The third kappa shape index (κ3) is 2.27. The first kappa shape index (κ1) is 13.1. The Balaban J connectivity index is 1.94. The number of nitrogens with one attached hydrogen (secondary N) is 1. The van der Waals surface area contributed by atoms with Crippen molar-refractivity contribution < 1.29 is 14.6 Å². The number of ether oxygens (including phenoxy) is 1. The Morgan fingerprint density at radius 2 is 2.25 bits per heavy atom. The molecule has 0 unspecified atom stereocenters. The molecule has 3 rings (SSSR count). The number of nitrogen functional groups attached to an aromatic ring is 1. The summed E-state index contributed by atoms with van der Waals surface area (Å²) >= 11 is 0. The summed E-state index contributed by atoms with van der Waals surface area (Å²) in [7, 11) is 0. The van der Waals surface area contributed by atoms with Crippen molar-refractivity contribution in [2.75, 3.05) is 35.7 Å². The standard InChI is InChI=1S/C14H19N3O3/c15-10-6-13-11(16-14(19)8-20-13)7-12(10)17(4-5-18)9-2-1-3-9/h6-7,9,18H,1-5,8,15H2,(H,16,19). The summed E-state index contributed by atoms with van der Waals surface area (Å²) in [5.41, 5.74) is 8.22. The van der Waals surface area contributed by atoms with E-state index in [0.29, 0.717) is 29.7 Å². The van der Waals surface area contributed by atoms with E-state index in [4.69, 9.17) is 10.5 Å². The predicted octanol–water partition coefficient (Wildman–Crippen LogP) is 0.951. The van der Waals surface area contributed by atoms with Crippen LogP contribution in [0.3, 0.4) is 0 Å². The quantitative estimate of drug-likeness (QED) is 0.713. The average Bonchev–Trinajstić information content (AvgIpc) is 2.36. The fourth-order valence-electron chi connectivity index (χ4n) is 2.69. The van der Waals surface area contributed by atoms with Gasteiger partial charge >= 0.3 is 0 Å². The summed E-state index contributed by atoms with van der Waals surface area (Å²) in [4.78, 5) is 13.5. The molecule has 0 radical (unpaired) electrons. The second-order valence-electron chi connectivity index (χ2n) is 5.25. The fourth-order valence-corrected chi connectivity index (χ4v) is 2.69. The van der Waals surface area contributed by atoms with Gasteiger partial charge in [0.25, 0.3) is 5.91 Å². The Labute approximate surface area is 117 Å². The number of fused-ring (bicyclic) bond motifs is 1. The zero-order valence-corrected chi connectivity index (χ0v) is 11.3. The number of hydrogen-bond donors (Lipinski definition) is 3. The van der Waals surface area contributed by atoms with Crippen LogP contribution in [-0.4, -0.2) is 36.8 Å². The van der Waals surface area contributed by atoms with E-state index in [-0.39, 0.29) is 19.1 Å². The van der Waals surface area contributed by atoms with Gasteiger partial charge in [0.2, 0.25) is 0 Å². The highest BCUT2D eigenvalue weighted by Gasteiger charge is 2.27. The molecule has 1 aromatic carbocycles. The van der Waals surface area contributed by atoms with Gasteiger partial charge in [-0.15, -0.1) is 0 Å². The minimum Gasteiger partial charge on any atom is -0.482 e. The van der Waals surface area contributed by atoms with Crippen LogP contribution in [0.1, 0.15) is 19.3 Å². The van der Waals surface area contributed by atoms with Crippen molar-refractivity contribution in [3.8, 4) is 5.75 Å². The van der Waals surface area contributed by atoms with Crippen molar-refractivity contribution in [3.63, 3.8) is 0 Å². The monoisotopic (exact) mass is 277 g/mol. The van der Waals surface area contributed by atoms with Crippen LogP contribution >= 0.6 is 0 Å². The smallest absolute Gasteiger partial charge is 0.262 e. The zero-order chi connectivity index (χ0) is 14.1. The number of aliphatic hydroxyl groups excluding tert-OH is 1. The molecule has 2 aliphatic rings. The molecular formula is C14H19N3O3. The molecule has 0 spiro atoms. The number of nitrogens with two attached hydrogens (primary N) is 1. The normalized spacial score (nSPS) is 17.8. The van der Waals surface area contributed by atoms with Gasteiger partial charge in [0, 0.05) is 18.7 Å². The molecule has 0 saturated heterocycles. The summed E-state index contributed by atoms with van der Waals surface area (Å²) in [6, 6.07) is 4.01. The van der Waals surface area contributed by atoms with Crippen LogP contribution in [0.15, 0.2) is 12.1 Å². The van der Waals surface area contributed by atoms with Gasteiger partial charge in [-0.2, -0.15) is 0 Å². The van der Waals surface area contributed by atoms with Crippen molar-refractivity contribution >= 4 is 23.0 Å². The van der Waals surface area contributed by atoms with Crippen LogP contribution in [0.4, 0.5) is 17.1 Å². The van der Waals surface area contributed by atoms with Crippen molar-refractivity contribution in [3.05, 3.63) is 12.1 Å². The number of anilines is 3. The Morgan fingerprint density at radius 3 is 2.90 bits per heavy atom. The van der Waals surface area contributed by atoms with Crippen molar-refractivity contribution in [2.24, 2.45) is 0 Å². The highest BCUT2D eigenvalue weighted by Crippen LogP contribution is 2.39. The molecule has 0 bridgehead atoms. The lowest BCUT2D eigenvalue weighted by molar-refractivity contribution is -0.118. The van der Waals surface area contributed by atoms with Crippen LogP contribution in [0.25, 0.3) is 0 Å². The minimum absolute atomic E-state index is 0.0226. The Kier molecular flexibility index (Phi) is 3.40. The molecule has 1 aliphatic heterocycles. The molecule has 6 heteroatoms. The maximum atomic E-state index is 11.4. The first-order chi connectivity index (χ1) is 9.69. The number of benzene rings is 1. The van der Waals surface area contributed by atoms with E-state index in [1.165, 1.54) is 6.42 Å². The third-order valence-corrected chi connectivity index (χ3v) is 3.93. The summed E-state index contributed by atoms with van der Waals surface area (Å²) in [5.74, 6) is 0.439. The van der Waals surface area contributed by atoms with Gasteiger partial charge in [-0.1, -0.05) is 0 Å². The van der Waals surface area contributed by atoms with Gasteiger partial charge in [-0.3, -0.25) is 4.79 Å². The van der Waals surface area contributed by atoms with Crippen LogP contribution in [0.2, 0.25) is 0 Å². The number of aliphatic hydroxyl groups is 1. The zero-order valence-electron chi connectivity index (χ0n) is 11.3. The summed E-state index contributed by atoms with van der Waals surface area (Å²) in [6.45, 7) is 0.646. The van der Waals surface area contributed by atoms with E-state index in [1.54, 1.807) is 6.07 Å². The van der Waals surface area contributed by atoms with Gasteiger partial charge in [0.15, 0.2) is 6.61 Å². The Bertz CT molecular complexity index is 529. The Hall–Kier alpha value is -1.95. The number of amides is 1. The van der Waals surface area contributed by atoms with E-state index in [0.717, 1.165) is 18.5 Å². The largest absolute Gasteiger partial charge is 0.482 e. The van der Waals surface area contributed by atoms with Crippen LogP contribution < -0.4 is 20.7 Å². The molecule has 0 atom stereocenters. The van der Waals surface area contributed by atoms with E-state index in [9.17, 15) is 9.90 Å². The molecule has 0 aromatic heterocycles. The molecule has 1 heterocycles. The summed E-state index contributed by atoms with van der Waals surface area (Å²) in [5, 5.41) is 12.1. The topological polar surface area (TPSA) is 87.8 Å². The van der Waals surface area contributed by atoms with Gasteiger partial charge in [-0.25, -0.2) is 0 Å². The number of carbonyl (C=O) groups is 1. The SMILES string of the molecule is Nc1cc2c(cc1N(CCO)C1CCC1)NC(=O)CO2. The molecule has 20 heavy (non-hydrogen) atoms. The highest BCUT2D eigenvalue weighted by molar-refractivity contribution is 5.97. The summed E-state index contributed by atoms with van der Waals surface area (Å²) < 4.78 is 5.35. The molecule has 1 amide bonds. The lowest BCUT2D eigenvalue weighted by Gasteiger charge is -2.40. The van der Waals surface area contributed by atoms with Gasteiger partial charge in [0.1, 0.15) is 5.75 Å². The van der Waals surface area contributed by atoms with E-state index >= 15 is 0 Å². The van der Waals surface area contributed by atoms with Gasteiger partial charge in [-0.05, 0) is 25.3 Å². The molecular weight excluding hydrogens is 258 g/mol. The van der Waals surface area contributed by atoms with E-state index < -0.39 is 0 Å². The number of hydrogen-bond acceptors (Lipinski definition) is 5. The lowest BCUT2D eigenvalue weighted by Crippen LogP contribution is -2.42. The number of nitrogens with zero attached hydrogens (tertiary/aromatic N) is 1. The number of rotatable bonds is 4. The maximum Gasteiger partial charge on any atom is 0.262 e. The van der Waals surface area contributed by atoms with E-state index in [1.807, 2.05) is 6.07 Å². The van der Waals surface area contributed by atoms with Crippen molar-refractivity contribution in [1.29, 1.82) is 0 Å². The fraction of sp³-hybridized carbons (Fsp3) is 0.500. The molecule has 1 saturated carbocycles. The second kappa shape index (κ2) is 5.20. The first-order valence-electron chi connectivity index (χ1n) is 6.92. The maximum absolute atomic E-state index is 11.4. The van der Waals surface area contributed by atoms with Crippen molar-refractivity contribution in [2.45, 2.75) is 25.3 Å². The van der Waals surface area contributed by atoms with Crippen molar-refractivity contribution in [1.82, 2.24) is 0 Å². The third-order valence-electron chi connectivity index (χ3n) is 3.93. The predicted molar refractivity (Wildman–Crippen MR) is 77.0 cm³/mol. The second-order valence-corrected chi connectivity index (χ2v) is 5.25. The van der Waals surface area contributed by atoms with Crippen LogP contribution in [-0.2, 0) is 4.79 Å². The molecule has 108 valence electrons. The van der Waals surface area contributed by atoms with Gasteiger partial charge < -0.3 is 25.8 Å². The molecule has 4 N–H and O–H groups in total. The van der Waals surface area contributed by atoms with E-state index in [2.05, 4.69) is 10.2 Å². The molecule has 1 aliphatic carbocycles. The van der Waals surface area contributed by atoms with Crippen LogP contribution in [0.5, 0.6) is 5.75 Å². The highest BCUT2D eigenvalue weighted by atomic mass is 16.5. The lowest BCUT2D eigenvalue weighted by atomic mass is 9.91. The molecule has 6 nitrogen and oxygen atoms in total. The number of carbonyl (C=O) groups excluding carboxylic acids is 1. The average molecular weight is 277 g/mol. The summed E-state index contributed by atoms with van der Waals surface area (Å²) in [6.07, 6.45) is 3.43. The first-order valence-corrected chi connectivity index (χ1v) is 6.92. The van der Waals surface area contributed by atoms with Crippen LogP contribution in [0, 0.1) is 0 Å². The molecule has 1 aromatic rings. The van der Waals surface area contributed by atoms with Gasteiger partial charge in [0.05, 0.1) is 23.7 Å². The minimum atomic E-state index is -0.162.